The Kier molecular flexibility index (Phi) is 2.91. The van der Waals surface area contributed by atoms with Gasteiger partial charge in [0.25, 0.3) is 0 Å². The van der Waals surface area contributed by atoms with Crippen molar-refractivity contribution < 1.29 is 9.90 Å². The van der Waals surface area contributed by atoms with Gasteiger partial charge in [-0.3, -0.25) is 4.79 Å². The molecule has 2 nitrogen and oxygen atoms in total. The molecule has 0 amide bonds. The van der Waals surface area contributed by atoms with Gasteiger partial charge in [-0.15, -0.1) is 0 Å². The van der Waals surface area contributed by atoms with Crippen LogP contribution in [0.25, 0.3) is 0 Å². The van der Waals surface area contributed by atoms with Crippen molar-refractivity contribution in [2.24, 2.45) is 11.8 Å². The van der Waals surface area contributed by atoms with Gasteiger partial charge in [0.1, 0.15) is 0 Å². The Morgan fingerprint density at radius 2 is 2.31 bits per heavy atom. The van der Waals surface area contributed by atoms with Crippen LogP contribution in [0.2, 0.25) is 0 Å². The van der Waals surface area contributed by atoms with Crippen LogP contribution in [0.1, 0.15) is 26.7 Å². The molecular formula is C11H16O2. The van der Waals surface area contributed by atoms with Crippen molar-refractivity contribution in [2.45, 2.75) is 26.7 Å². The van der Waals surface area contributed by atoms with Gasteiger partial charge in [-0.2, -0.15) is 0 Å². The number of rotatable bonds is 1. The second kappa shape index (κ2) is 3.77. The Bertz CT molecular complexity index is 263. The molecule has 1 aliphatic rings. The van der Waals surface area contributed by atoms with Crippen molar-refractivity contribution in [3.05, 3.63) is 24.0 Å². The average molecular weight is 180 g/mol. The molecule has 1 rings (SSSR count). The van der Waals surface area contributed by atoms with E-state index < -0.39 is 0 Å². The molecule has 1 saturated carbocycles. The Labute approximate surface area is 79.0 Å². The Hall–Kier alpha value is -1.05. The normalized spacial score (nSPS) is 32.2. The van der Waals surface area contributed by atoms with Gasteiger partial charge < -0.3 is 5.11 Å². The first-order valence-electron chi connectivity index (χ1n) is 4.59. The van der Waals surface area contributed by atoms with Crippen LogP contribution in [0.5, 0.6) is 0 Å². The smallest absolute Gasteiger partial charge is 0.164 e. The molecule has 1 fully saturated rings. The lowest BCUT2D eigenvalue weighted by molar-refractivity contribution is -0.120. The van der Waals surface area contributed by atoms with E-state index in [-0.39, 0.29) is 11.7 Å². The fraction of sp³-hybridized carbons (Fsp3) is 0.545. The summed E-state index contributed by atoms with van der Waals surface area (Å²) in [5, 5.41) is 8.87. The Morgan fingerprint density at radius 3 is 2.77 bits per heavy atom. The summed E-state index contributed by atoms with van der Waals surface area (Å²) in [5.41, 5.74) is 1.64. The number of aliphatic hydroxyl groups excluding tert-OH is 1. The topological polar surface area (TPSA) is 37.3 Å². The number of hydrogen-bond donors (Lipinski definition) is 1. The molecule has 0 aliphatic heterocycles. The number of allylic oxidation sites excluding steroid dienone is 2. The van der Waals surface area contributed by atoms with E-state index >= 15 is 0 Å². The van der Waals surface area contributed by atoms with E-state index in [0.29, 0.717) is 17.9 Å². The van der Waals surface area contributed by atoms with Gasteiger partial charge in [0, 0.05) is 11.5 Å². The number of ketones is 1. The van der Waals surface area contributed by atoms with Crippen LogP contribution in [0.15, 0.2) is 24.0 Å². The minimum absolute atomic E-state index is 0.0221. The van der Waals surface area contributed by atoms with Gasteiger partial charge in [0.15, 0.2) is 5.78 Å². The second-order valence-corrected chi connectivity index (χ2v) is 3.90. The Balaban J connectivity index is 2.81. The van der Waals surface area contributed by atoms with Crippen LogP contribution >= 0.6 is 0 Å². The third kappa shape index (κ3) is 2.00. The highest BCUT2D eigenvalue weighted by atomic mass is 16.2. The molecule has 0 aromatic heterocycles. The van der Waals surface area contributed by atoms with Crippen LogP contribution in [0.3, 0.4) is 0 Å². The number of aliphatic hydroxyl groups is 1. The lowest BCUT2D eigenvalue weighted by Crippen LogP contribution is -2.25. The molecule has 2 atom stereocenters. The first-order valence-corrected chi connectivity index (χ1v) is 4.59. The van der Waals surface area contributed by atoms with E-state index in [0.717, 1.165) is 18.3 Å². The predicted molar refractivity (Wildman–Crippen MR) is 52.4 cm³/mol. The molecule has 0 aromatic rings. The number of carbonyl (C=O) groups is 1. The van der Waals surface area contributed by atoms with Crippen molar-refractivity contribution in [3.63, 3.8) is 0 Å². The standard InChI is InChI=1S/C11H16O2/c1-7(2)9-4-8(3)11(13)10(5-9)6-12/h6,8-9,12H,1,4-5H2,2-3H3/t8-,9+/m0/s1. The molecule has 0 heterocycles. The van der Waals surface area contributed by atoms with Gasteiger partial charge in [0.2, 0.25) is 0 Å². The summed E-state index contributed by atoms with van der Waals surface area (Å²) in [6.07, 6.45) is 2.47. The fourth-order valence-electron chi connectivity index (χ4n) is 1.79. The van der Waals surface area contributed by atoms with E-state index in [9.17, 15) is 4.79 Å². The third-order valence-electron chi connectivity index (χ3n) is 2.72. The molecule has 13 heavy (non-hydrogen) atoms. The zero-order valence-corrected chi connectivity index (χ0v) is 8.21. The van der Waals surface area contributed by atoms with Crippen molar-refractivity contribution >= 4 is 5.78 Å². The first kappa shape index (κ1) is 10.0. The van der Waals surface area contributed by atoms with Gasteiger partial charge in [-0.25, -0.2) is 0 Å². The quantitative estimate of drug-likeness (QED) is 0.382. The van der Waals surface area contributed by atoms with Crippen LogP contribution in [0.4, 0.5) is 0 Å². The van der Waals surface area contributed by atoms with E-state index in [2.05, 4.69) is 6.58 Å². The molecule has 0 spiro atoms. The molecule has 0 saturated heterocycles. The zero-order valence-electron chi connectivity index (χ0n) is 8.21. The lowest BCUT2D eigenvalue weighted by Gasteiger charge is -2.27. The molecule has 0 radical (unpaired) electrons. The van der Waals surface area contributed by atoms with E-state index in [1.54, 1.807) is 0 Å². The van der Waals surface area contributed by atoms with E-state index in [1.807, 2.05) is 13.8 Å². The summed E-state index contributed by atoms with van der Waals surface area (Å²) in [6, 6.07) is 0. The number of Topliss-reactive ketones (excluding diaryl/α,β-unsaturated/α-hetero) is 1. The van der Waals surface area contributed by atoms with E-state index in [4.69, 9.17) is 5.11 Å². The Morgan fingerprint density at radius 1 is 1.69 bits per heavy atom. The van der Waals surface area contributed by atoms with Crippen molar-refractivity contribution in [2.75, 3.05) is 0 Å². The van der Waals surface area contributed by atoms with Crippen LogP contribution in [-0.2, 0) is 4.79 Å². The van der Waals surface area contributed by atoms with Gasteiger partial charge in [-0.1, -0.05) is 19.1 Å². The minimum atomic E-state index is 0.0221. The molecule has 0 bridgehead atoms. The van der Waals surface area contributed by atoms with E-state index in [1.165, 1.54) is 0 Å². The number of hydrogen-bond acceptors (Lipinski definition) is 2. The predicted octanol–water partition coefficient (Wildman–Crippen LogP) is 2.62. The van der Waals surface area contributed by atoms with Gasteiger partial charge >= 0.3 is 0 Å². The van der Waals surface area contributed by atoms with Crippen molar-refractivity contribution in [1.29, 1.82) is 0 Å². The molecule has 0 unspecified atom stereocenters. The van der Waals surface area contributed by atoms with Gasteiger partial charge in [-0.05, 0) is 25.7 Å². The monoisotopic (exact) mass is 180 g/mol. The highest BCUT2D eigenvalue weighted by molar-refractivity contribution is 5.97. The second-order valence-electron chi connectivity index (χ2n) is 3.90. The maximum Gasteiger partial charge on any atom is 0.164 e. The van der Waals surface area contributed by atoms with Crippen LogP contribution in [0, 0.1) is 11.8 Å². The molecule has 2 heteroatoms. The summed E-state index contributed by atoms with van der Waals surface area (Å²) in [4.78, 5) is 11.5. The summed E-state index contributed by atoms with van der Waals surface area (Å²) < 4.78 is 0. The maximum atomic E-state index is 11.5. The summed E-state index contributed by atoms with van der Waals surface area (Å²) in [5.74, 6) is 0.458. The summed E-state index contributed by atoms with van der Waals surface area (Å²) in [7, 11) is 0. The molecule has 1 aliphatic carbocycles. The third-order valence-corrected chi connectivity index (χ3v) is 2.72. The fourth-order valence-corrected chi connectivity index (χ4v) is 1.79. The van der Waals surface area contributed by atoms with Gasteiger partial charge in [0.05, 0.1) is 6.26 Å². The molecule has 1 N–H and O–H groups in total. The lowest BCUT2D eigenvalue weighted by atomic mass is 9.76. The average Bonchev–Trinajstić information content (AvgIpc) is 2.09. The maximum absolute atomic E-state index is 11.5. The van der Waals surface area contributed by atoms with Crippen molar-refractivity contribution in [3.8, 4) is 0 Å². The largest absolute Gasteiger partial charge is 0.515 e. The highest BCUT2D eigenvalue weighted by Gasteiger charge is 2.29. The molecule has 72 valence electrons. The first-order chi connectivity index (χ1) is 6.06. The number of carbonyl (C=O) groups excluding carboxylic acids is 1. The minimum Gasteiger partial charge on any atom is -0.515 e. The van der Waals surface area contributed by atoms with Crippen LogP contribution in [-0.4, -0.2) is 10.9 Å². The zero-order chi connectivity index (χ0) is 10.0. The SMILES string of the molecule is C=C(C)[C@H]1CC(=CO)C(=O)[C@@H](C)C1. The summed E-state index contributed by atoms with van der Waals surface area (Å²) in [6.45, 7) is 7.76. The van der Waals surface area contributed by atoms with Crippen LogP contribution < -0.4 is 0 Å². The molecular weight excluding hydrogens is 164 g/mol. The highest BCUT2D eigenvalue weighted by Crippen LogP contribution is 2.33. The molecule has 0 aromatic carbocycles. The van der Waals surface area contributed by atoms with Crippen molar-refractivity contribution in [1.82, 2.24) is 0 Å². The summed E-state index contributed by atoms with van der Waals surface area (Å²) >= 11 is 0.